The predicted molar refractivity (Wildman–Crippen MR) is 64.2 cm³/mol. The number of benzene rings is 1. The number of rotatable bonds is 2. The van der Waals surface area contributed by atoms with E-state index >= 15 is 0 Å². The van der Waals surface area contributed by atoms with E-state index in [0.29, 0.717) is 5.03 Å². The van der Waals surface area contributed by atoms with Crippen molar-refractivity contribution in [2.24, 2.45) is 0 Å². The highest BCUT2D eigenvalue weighted by atomic mass is 35.5. The molecule has 1 unspecified atom stereocenters. The maximum atomic E-state index is 5.99. The Labute approximate surface area is 99.5 Å². The minimum absolute atomic E-state index is 0.0443. The summed E-state index contributed by atoms with van der Waals surface area (Å²) in [7, 11) is 0. The van der Waals surface area contributed by atoms with Gasteiger partial charge < -0.3 is 0 Å². The van der Waals surface area contributed by atoms with Crippen LogP contribution in [0.25, 0.3) is 0 Å². The molecule has 0 aromatic heterocycles. The van der Waals surface area contributed by atoms with Crippen LogP contribution in [0.3, 0.4) is 0 Å². The van der Waals surface area contributed by atoms with Gasteiger partial charge in [-0.05, 0) is 18.1 Å². The molecule has 0 aliphatic carbocycles. The fraction of sp³-hybridized carbons (Fsp3) is 0.273. The molecule has 0 spiro atoms. The van der Waals surface area contributed by atoms with E-state index in [1.165, 1.54) is 5.56 Å². The fourth-order valence-electron chi connectivity index (χ4n) is 1.37. The maximum Gasteiger partial charge on any atom is 0.121 e. The van der Waals surface area contributed by atoms with Gasteiger partial charge in [-0.25, -0.2) is 0 Å². The van der Waals surface area contributed by atoms with Gasteiger partial charge in [-0.2, -0.15) is 0 Å². The van der Waals surface area contributed by atoms with E-state index in [-0.39, 0.29) is 10.4 Å². The smallest absolute Gasteiger partial charge is 0.0859 e. The number of hydrogen-bond acceptors (Lipinski definition) is 0. The van der Waals surface area contributed by atoms with Crippen molar-refractivity contribution in [2.45, 2.75) is 19.8 Å². The second-order valence-electron chi connectivity index (χ2n) is 3.19. The lowest BCUT2D eigenvalue weighted by molar-refractivity contribution is 0.934. The van der Waals surface area contributed by atoms with Crippen LogP contribution in [0.4, 0.5) is 0 Å². The normalized spacial score (nSPS) is 12.4. The van der Waals surface area contributed by atoms with Crippen molar-refractivity contribution in [2.75, 3.05) is 0 Å². The SMILES string of the molecule is Cc1ccccc1C(C)C(Cl)=C(Cl)Cl. The predicted octanol–water partition coefficient (Wildman–Crippen LogP) is 4.98. The quantitative estimate of drug-likeness (QED) is 0.693. The summed E-state index contributed by atoms with van der Waals surface area (Å²) >= 11 is 17.3. The first kappa shape index (κ1) is 11.9. The molecule has 0 saturated carbocycles. The molecule has 1 rings (SSSR count). The van der Waals surface area contributed by atoms with Gasteiger partial charge in [0.05, 0.1) is 5.03 Å². The van der Waals surface area contributed by atoms with Gasteiger partial charge in [-0.3, -0.25) is 0 Å². The topological polar surface area (TPSA) is 0 Å². The van der Waals surface area contributed by atoms with E-state index in [9.17, 15) is 0 Å². The van der Waals surface area contributed by atoms with Gasteiger partial charge in [-0.1, -0.05) is 66.0 Å². The van der Waals surface area contributed by atoms with Gasteiger partial charge in [0.25, 0.3) is 0 Å². The van der Waals surface area contributed by atoms with Crippen LogP contribution in [0.1, 0.15) is 24.0 Å². The monoisotopic (exact) mass is 248 g/mol. The summed E-state index contributed by atoms with van der Waals surface area (Å²) in [6, 6.07) is 8.04. The molecule has 0 aliphatic heterocycles. The Hall–Kier alpha value is -0.170. The third-order valence-electron chi connectivity index (χ3n) is 2.22. The van der Waals surface area contributed by atoms with Gasteiger partial charge in [0.2, 0.25) is 0 Å². The van der Waals surface area contributed by atoms with Crippen LogP contribution in [-0.2, 0) is 0 Å². The minimum atomic E-state index is 0.0443. The highest BCUT2D eigenvalue weighted by Gasteiger charge is 2.13. The van der Waals surface area contributed by atoms with E-state index in [1.807, 2.05) is 38.1 Å². The van der Waals surface area contributed by atoms with Crippen LogP contribution in [-0.4, -0.2) is 0 Å². The Morgan fingerprint density at radius 2 is 1.71 bits per heavy atom. The summed E-state index contributed by atoms with van der Waals surface area (Å²) in [6.45, 7) is 4.02. The molecule has 1 aromatic carbocycles. The summed E-state index contributed by atoms with van der Waals surface area (Å²) < 4.78 is 0.141. The lowest BCUT2D eigenvalue weighted by atomic mass is 9.96. The van der Waals surface area contributed by atoms with Crippen molar-refractivity contribution >= 4 is 34.8 Å². The highest BCUT2D eigenvalue weighted by molar-refractivity contribution is 6.59. The zero-order valence-electron chi connectivity index (χ0n) is 8.02. The summed E-state index contributed by atoms with van der Waals surface area (Å²) in [6.07, 6.45) is 0. The van der Waals surface area contributed by atoms with Crippen molar-refractivity contribution in [1.29, 1.82) is 0 Å². The second kappa shape index (κ2) is 5.06. The molecule has 0 aliphatic rings. The van der Waals surface area contributed by atoms with Crippen LogP contribution in [0.5, 0.6) is 0 Å². The molecule has 3 heteroatoms. The maximum absolute atomic E-state index is 5.99. The molecule has 0 fully saturated rings. The van der Waals surface area contributed by atoms with Crippen molar-refractivity contribution in [3.05, 3.63) is 44.9 Å². The zero-order valence-corrected chi connectivity index (χ0v) is 10.3. The summed E-state index contributed by atoms with van der Waals surface area (Å²) in [5.41, 5.74) is 2.34. The van der Waals surface area contributed by atoms with E-state index in [2.05, 4.69) is 0 Å². The first-order chi connectivity index (χ1) is 6.54. The van der Waals surface area contributed by atoms with E-state index < -0.39 is 0 Å². The molecule has 0 bridgehead atoms. The molecule has 0 amide bonds. The first-order valence-electron chi connectivity index (χ1n) is 4.30. The fourth-order valence-corrected chi connectivity index (χ4v) is 1.82. The number of hydrogen-bond donors (Lipinski definition) is 0. The molecule has 76 valence electrons. The van der Waals surface area contributed by atoms with Crippen LogP contribution in [0.2, 0.25) is 0 Å². The largest absolute Gasteiger partial charge is 0.121 e. The Bertz CT molecular complexity index is 351. The summed E-state index contributed by atoms with van der Waals surface area (Å²) in [5, 5.41) is 0.489. The van der Waals surface area contributed by atoms with Crippen molar-refractivity contribution < 1.29 is 0 Å². The summed E-state index contributed by atoms with van der Waals surface area (Å²) in [5.74, 6) is 0.0443. The average Bonchev–Trinajstić information content (AvgIpc) is 2.16. The zero-order chi connectivity index (χ0) is 10.7. The molecule has 0 radical (unpaired) electrons. The van der Waals surface area contributed by atoms with Crippen LogP contribution >= 0.6 is 34.8 Å². The molecule has 0 nitrogen and oxygen atoms in total. The van der Waals surface area contributed by atoms with Crippen LogP contribution in [0, 0.1) is 6.92 Å². The first-order valence-corrected chi connectivity index (χ1v) is 5.43. The van der Waals surface area contributed by atoms with E-state index in [0.717, 1.165) is 5.56 Å². The van der Waals surface area contributed by atoms with E-state index in [1.54, 1.807) is 0 Å². The number of halogens is 3. The second-order valence-corrected chi connectivity index (χ2v) is 4.54. The molecule has 14 heavy (non-hydrogen) atoms. The molecule has 0 N–H and O–H groups in total. The van der Waals surface area contributed by atoms with Crippen molar-refractivity contribution in [1.82, 2.24) is 0 Å². The standard InChI is InChI=1S/C11H11Cl3/c1-7-5-3-4-6-9(7)8(2)10(12)11(13)14/h3-6,8H,1-2H3. The van der Waals surface area contributed by atoms with Crippen LogP contribution in [0.15, 0.2) is 33.8 Å². The lowest BCUT2D eigenvalue weighted by Gasteiger charge is -2.13. The van der Waals surface area contributed by atoms with Crippen molar-refractivity contribution in [3.63, 3.8) is 0 Å². The van der Waals surface area contributed by atoms with Gasteiger partial charge >= 0.3 is 0 Å². The Morgan fingerprint density at radius 1 is 1.14 bits per heavy atom. The molecule has 0 saturated heterocycles. The van der Waals surface area contributed by atoms with Gasteiger partial charge in [0.15, 0.2) is 0 Å². The Kier molecular flexibility index (Phi) is 4.31. The number of aryl methyl sites for hydroxylation is 1. The third-order valence-corrected chi connectivity index (χ3v) is 3.33. The van der Waals surface area contributed by atoms with Gasteiger partial charge in [0, 0.05) is 5.92 Å². The Balaban J connectivity index is 3.07. The molecular formula is C11H11Cl3. The minimum Gasteiger partial charge on any atom is -0.0859 e. The number of allylic oxidation sites excluding steroid dienone is 1. The van der Waals surface area contributed by atoms with Gasteiger partial charge in [0.1, 0.15) is 4.49 Å². The van der Waals surface area contributed by atoms with Gasteiger partial charge in [-0.15, -0.1) is 0 Å². The molecule has 1 atom stereocenters. The third kappa shape index (κ3) is 2.66. The molecule has 1 aromatic rings. The van der Waals surface area contributed by atoms with Crippen molar-refractivity contribution in [3.8, 4) is 0 Å². The summed E-state index contributed by atoms with van der Waals surface area (Å²) in [4.78, 5) is 0. The average molecular weight is 250 g/mol. The van der Waals surface area contributed by atoms with Crippen LogP contribution < -0.4 is 0 Å². The van der Waals surface area contributed by atoms with E-state index in [4.69, 9.17) is 34.8 Å². The Morgan fingerprint density at radius 3 is 2.21 bits per heavy atom. The highest BCUT2D eigenvalue weighted by Crippen LogP contribution is 2.33. The lowest BCUT2D eigenvalue weighted by Crippen LogP contribution is -1.96. The molecular weight excluding hydrogens is 238 g/mol. The molecule has 0 heterocycles.